The van der Waals surface area contributed by atoms with Gasteiger partial charge in [0.1, 0.15) is 11.3 Å². The summed E-state index contributed by atoms with van der Waals surface area (Å²) in [4.78, 5) is 30.1. The normalized spacial score (nSPS) is 19.3. The van der Waals surface area contributed by atoms with Crippen molar-refractivity contribution in [2.45, 2.75) is 38.5 Å². The molecule has 0 saturated heterocycles. The predicted molar refractivity (Wildman–Crippen MR) is 91.6 cm³/mol. The molecule has 1 amide bonds. The van der Waals surface area contributed by atoms with Crippen LogP contribution in [-0.2, 0) is 23.1 Å². The maximum absolute atomic E-state index is 13.1. The van der Waals surface area contributed by atoms with Crippen LogP contribution in [0.15, 0.2) is 35.1 Å². The van der Waals surface area contributed by atoms with E-state index >= 15 is 0 Å². The van der Waals surface area contributed by atoms with E-state index in [-0.39, 0.29) is 18.9 Å². The van der Waals surface area contributed by atoms with Crippen molar-refractivity contribution in [3.63, 3.8) is 0 Å². The molecule has 6 nitrogen and oxygen atoms in total. The Balaban J connectivity index is 2.12. The minimum absolute atomic E-state index is 0.00777. The van der Waals surface area contributed by atoms with Crippen LogP contribution in [0.2, 0.25) is 0 Å². The Morgan fingerprint density at radius 2 is 1.81 bits per heavy atom. The molecule has 1 atom stereocenters. The zero-order chi connectivity index (χ0) is 20.0. The highest BCUT2D eigenvalue weighted by atomic mass is 19.4. The third kappa shape index (κ3) is 3.07. The van der Waals surface area contributed by atoms with E-state index in [2.05, 4.69) is 4.98 Å². The number of carbonyl (C=O) groups is 1. The number of aromatic nitrogens is 2. The van der Waals surface area contributed by atoms with Gasteiger partial charge in [0.2, 0.25) is 5.95 Å². The molecular formula is C18H18F3N3O3. The summed E-state index contributed by atoms with van der Waals surface area (Å²) in [6.07, 6.45) is -4.54. The van der Waals surface area contributed by atoms with Crippen LogP contribution in [0.1, 0.15) is 31.5 Å². The van der Waals surface area contributed by atoms with E-state index in [1.165, 1.54) is 14.0 Å². The minimum atomic E-state index is -4.78. The number of benzene rings is 1. The third-order valence-corrected chi connectivity index (χ3v) is 4.82. The van der Waals surface area contributed by atoms with Gasteiger partial charge in [-0.25, -0.2) is 4.98 Å². The van der Waals surface area contributed by atoms with Gasteiger partial charge in [-0.15, -0.1) is 0 Å². The smallest absolute Gasteiger partial charge is 0.433 e. The molecule has 0 fully saturated rings. The van der Waals surface area contributed by atoms with E-state index in [9.17, 15) is 22.8 Å². The lowest BCUT2D eigenvalue weighted by atomic mass is 9.98. The first-order valence-corrected chi connectivity index (χ1v) is 8.28. The first-order chi connectivity index (χ1) is 12.6. The Morgan fingerprint density at radius 3 is 2.33 bits per heavy atom. The van der Waals surface area contributed by atoms with Crippen LogP contribution in [0.5, 0.6) is 5.75 Å². The van der Waals surface area contributed by atoms with Gasteiger partial charge >= 0.3 is 6.18 Å². The highest BCUT2D eigenvalue weighted by molar-refractivity contribution is 6.01. The molecule has 1 aliphatic heterocycles. The molecule has 0 radical (unpaired) electrons. The molecule has 2 aromatic rings. The van der Waals surface area contributed by atoms with E-state index in [1.54, 1.807) is 31.2 Å². The first-order valence-electron chi connectivity index (χ1n) is 8.28. The van der Waals surface area contributed by atoms with Gasteiger partial charge in [-0.2, -0.15) is 13.2 Å². The molecular weight excluding hydrogens is 363 g/mol. The van der Waals surface area contributed by atoms with Crippen molar-refractivity contribution in [2.75, 3.05) is 12.0 Å². The van der Waals surface area contributed by atoms with Crippen LogP contribution >= 0.6 is 0 Å². The topological polar surface area (TPSA) is 64.4 Å². The van der Waals surface area contributed by atoms with Crippen molar-refractivity contribution < 1.29 is 22.7 Å². The van der Waals surface area contributed by atoms with Gasteiger partial charge in [0.25, 0.3) is 11.5 Å². The lowest BCUT2D eigenvalue weighted by molar-refractivity contribution is -0.141. The maximum Gasteiger partial charge on any atom is 0.433 e. The number of ether oxygens (including phenoxy) is 1. The molecule has 0 N–H and O–H groups in total. The van der Waals surface area contributed by atoms with Crippen LogP contribution in [-0.4, -0.2) is 22.6 Å². The van der Waals surface area contributed by atoms with Crippen LogP contribution in [0.4, 0.5) is 19.1 Å². The molecule has 1 aromatic carbocycles. The fourth-order valence-electron chi connectivity index (χ4n) is 3.10. The zero-order valence-electron chi connectivity index (χ0n) is 15.0. The van der Waals surface area contributed by atoms with Gasteiger partial charge in [-0.1, -0.05) is 19.1 Å². The van der Waals surface area contributed by atoms with Gasteiger partial charge in [0, 0.05) is 6.07 Å². The van der Waals surface area contributed by atoms with Crippen LogP contribution in [0.25, 0.3) is 0 Å². The SMILES string of the molecule is CCC1(C)C(=O)N(Cc2ccc(OC)cc2)c2nc(C(F)(F)F)cc(=O)n21. The summed E-state index contributed by atoms with van der Waals surface area (Å²) in [6.45, 7) is 3.22. The van der Waals surface area contributed by atoms with Gasteiger partial charge in [0.15, 0.2) is 5.69 Å². The van der Waals surface area contributed by atoms with E-state index in [1.807, 2.05) is 0 Å². The Morgan fingerprint density at radius 1 is 1.19 bits per heavy atom. The number of fused-ring (bicyclic) bond motifs is 1. The Bertz CT molecular complexity index is 938. The van der Waals surface area contributed by atoms with Crippen molar-refractivity contribution in [2.24, 2.45) is 0 Å². The standard InChI is InChI=1S/C18H18F3N3O3/c1-4-17(2)15(26)23(10-11-5-7-12(27-3)8-6-11)16-22-13(18(19,20)21)9-14(25)24(16)17/h5-9H,4,10H2,1-3H3. The van der Waals surface area contributed by atoms with Gasteiger partial charge in [-0.3, -0.25) is 19.1 Å². The molecule has 0 saturated carbocycles. The maximum atomic E-state index is 13.1. The van der Waals surface area contributed by atoms with Crippen molar-refractivity contribution in [3.8, 4) is 5.75 Å². The van der Waals surface area contributed by atoms with E-state index in [4.69, 9.17) is 4.74 Å². The Hall–Kier alpha value is -2.84. The van der Waals surface area contributed by atoms with E-state index in [0.29, 0.717) is 17.4 Å². The van der Waals surface area contributed by atoms with E-state index < -0.39 is 28.9 Å². The van der Waals surface area contributed by atoms with Crippen molar-refractivity contribution in [1.82, 2.24) is 9.55 Å². The number of hydrogen-bond acceptors (Lipinski definition) is 4. The highest BCUT2D eigenvalue weighted by Gasteiger charge is 2.49. The van der Waals surface area contributed by atoms with Gasteiger partial charge < -0.3 is 4.74 Å². The number of alkyl halides is 3. The summed E-state index contributed by atoms with van der Waals surface area (Å²) >= 11 is 0. The number of halogens is 3. The third-order valence-electron chi connectivity index (χ3n) is 4.82. The second-order valence-corrected chi connectivity index (χ2v) is 6.48. The number of rotatable bonds is 4. The lowest BCUT2D eigenvalue weighted by Gasteiger charge is -2.22. The van der Waals surface area contributed by atoms with E-state index in [0.717, 1.165) is 9.47 Å². The number of carbonyl (C=O) groups excluding carboxylic acids is 1. The molecule has 1 unspecified atom stereocenters. The van der Waals surface area contributed by atoms with Gasteiger partial charge in [-0.05, 0) is 31.0 Å². The second-order valence-electron chi connectivity index (χ2n) is 6.48. The lowest BCUT2D eigenvalue weighted by Crippen LogP contribution is -2.42. The quantitative estimate of drug-likeness (QED) is 0.817. The molecule has 1 aromatic heterocycles. The number of methoxy groups -OCH3 is 1. The van der Waals surface area contributed by atoms with Crippen molar-refractivity contribution in [3.05, 3.63) is 51.9 Å². The van der Waals surface area contributed by atoms with Crippen LogP contribution < -0.4 is 15.2 Å². The second kappa shape index (κ2) is 6.40. The minimum Gasteiger partial charge on any atom is -0.497 e. The summed E-state index contributed by atoms with van der Waals surface area (Å²) < 4.78 is 45.5. The van der Waals surface area contributed by atoms with Crippen molar-refractivity contribution in [1.29, 1.82) is 0 Å². The predicted octanol–water partition coefficient (Wildman–Crippen LogP) is 2.94. The molecule has 27 heavy (non-hydrogen) atoms. The first kappa shape index (κ1) is 18.9. The zero-order valence-corrected chi connectivity index (χ0v) is 15.0. The number of hydrogen-bond donors (Lipinski definition) is 0. The van der Waals surface area contributed by atoms with Gasteiger partial charge in [0.05, 0.1) is 13.7 Å². The van der Waals surface area contributed by atoms with Crippen LogP contribution in [0.3, 0.4) is 0 Å². The molecule has 9 heteroatoms. The molecule has 1 aliphatic rings. The fraction of sp³-hybridized carbons (Fsp3) is 0.389. The average molecular weight is 381 g/mol. The molecule has 0 spiro atoms. The highest BCUT2D eigenvalue weighted by Crippen LogP contribution is 2.37. The number of amides is 1. The van der Waals surface area contributed by atoms with Crippen LogP contribution in [0, 0.1) is 0 Å². The largest absolute Gasteiger partial charge is 0.497 e. The number of nitrogens with zero attached hydrogens (tertiary/aromatic N) is 3. The Labute approximate surface area is 153 Å². The molecule has 0 aliphatic carbocycles. The molecule has 2 heterocycles. The summed E-state index contributed by atoms with van der Waals surface area (Å²) in [5.41, 5.74) is -2.83. The van der Waals surface area contributed by atoms with Crippen molar-refractivity contribution >= 4 is 11.9 Å². The summed E-state index contributed by atoms with van der Waals surface area (Å²) in [7, 11) is 1.51. The number of anilines is 1. The fourth-order valence-corrected chi connectivity index (χ4v) is 3.10. The molecule has 3 rings (SSSR count). The summed E-state index contributed by atoms with van der Waals surface area (Å²) in [6, 6.07) is 7.19. The Kier molecular flexibility index (Phi) is 4.49. The average Bonchev–Trinajstić information content (AvgIpc) is 2.84. The molecule has 0 bridgehead atoms. The summed E-state index contributed by atoms with van der Waals surface area (Å²) in [5.74, 6) is -0.149. The monoisotopic (exact) mass is 381 g/mol. The molecule has 144 valence electrons. The summed E-state index contributed by atoms with van der Waals surface area (Å²) in [5, 5.41) is 0.